The highest BCUT2D eigenvalue weighted by atomic mass is 16.6. The van der Waals surface area contributed by atoms with E-state index >= 15 is 0 Å². The molecule has 0 aliphatic rings. The molecule has 0 radical (unpaired) electrons. The summed E-state index contributed by atoms with van der Waals surface area (Å²) in [5.74, 6) is 0.653. The van der Waals surface area contributed by atoms with Crippen LogP contribution in [0.5, 0.6) is 0 Å². The van der Waals surface area contributed by atoms with E-state index in [-0.39, 0.29) is 11.7 Å². The van der Waals surface area contributed by atoms with E-state index in [4.69, 9.17) is 10.2 Å². The van der Waals surface area contributed by atoms with Crippen LogP contribution in [0.25, 0.3) is 10.8 Å². The molecule has 2 N–H and O–H groups in total. The Morgan fingerprint density at radius 3 is 2.87 bits per heavy atom. The van der Waals surface area contributed by atoms with Gasteiger partial charge in [-0.2, -0.15) is 0 Å². The molecule has 2 rings (SSSR count). The number of fused-ring (bicyclic) bond motifs is 1. The molecule has 1 unspecified atom stereocenters. The zero-order chi connectivity index (χ0) is 11.0. The SMILES string of the molecule is CC(N)c1occ2cc([N+](=O)[O-])ccc12. The molecule has 0 spiro atoms. The highest BCUT2D eigenvalue weighted by Crippen LogP contribution is 2.28. The molecule has 5 heteroatoms. The Labute approximate surface area is 85.6 Å². The first-order chi connectivity index (χ1) is 7.09. The molecule has 5 nitrogen and oxygen atoms in total. The molecule has 0 aliphatic heterocycles. The third-order valence-corrected chi connectivity index (χ3v) is 2.24. The van der Waals surface area contributed by atoms with Crippen LogP contribution >= 0.6 is 0 Å². The van der Waals surface area contributed by atoms with Crippen molar-refractivity contribution < 1.29 is 9.34 Å². The van der Waals surface area contributed by atoms with Gasteiger partial charge in [0.05, 0.1) is 17.2 Å². The van der Waals surface area contributed by atoms with Crippen LogP contribution < -0.4 is 5.73 Å². The molecule has 1 atom stereocenters. The fourth-order valence-corrected chi connectivity index (χ4v) is 1.53. The van der Waals surface area contributed by atoms with Gasteiger partial charge in [0.25, 0.3) is 5.69 Å². The second-order valence-corrected chi connectivity index (χ2v) is 3.42. The number of non-ortho nitro benzene ring substituents is 1. The fraction of sp³-hybridized carbons (Fsp3) is 0.200. The van der Waals surface area contributed by atoms with Crippen LogP contribution in [-0.2, 0) is 0 Å². The Balaban J connectivity index is 2.61. The summed E-state index contributed by atoms with van der Waals surface area (Å²) in [7, 11) is 0. The smallest absolute Gasteiger partial charge is 0.270 e. The summed E-state index contributed by atoms with van der Waals surface area (Å²) in [5.41, 5.74) is 5.75. The number of rotatable bonds is 2. The third-order valence-electron chi connectivity index (χ3n) is 2.24. The maximum absolute atomic E-state index is 10.5. The molecule has 2 aromatic rings. The van der Waals surface area contributed by atoms with Gasteiger partial charge in [-0.1, -0.05) is 0 Å². The summed E-state index contributed by atoms with van der Waals surface area (Å²) < 4.78 is 5.26. The Kier molecular flexibility index (Phi) is 2.17. The maximum atomic E-state index is 10.5. The number of nitrogens with zero attached hydrogens (tertiary/aromatic N) is 1. The molecule has 15 heavy (non-hydrogen) atoms. The Hall–Kier alpha value is -1.88. The van der Waals surface area contributed by atoms with Gasteiger partial charge >= 0.3 is 0 Å². The van der Waals surface area contributed by atoms with E-state index in [1.54, 1.807) is 13.0 Å². The number of nitrogens with two attached hydrogens (primary N) is 1. The molecule has 0 amide bonds. The highest BCUT2D eigenvalue weighted by Gasteiger charge is 2.13. The van der Waals surface area contributed by atoms with E-state index in [2.05, 4.69) is 0 Å². The number of hydrogen-bond donors (Lipinski definition) is 1. The van der Waals surface area contributed by atoms with Gasteiger partial charge in [-0.3, -0.25) is 10.1 Å². The van der Waals surface area contributed by atoms with Crippen LogP contribution in [0, 0.1) is 10.1 Å². The monoisotopic (exact) mass is 206 g/mol. The third kappa shape index (κ3) is 1.57. The van der Waals surface area contributed by atoms with Gasteiger partial charge in [-0.05, 0) is 13.0 Å². The summed E-state index contributed by atoms with van der Waals surface area (Å²) in [5, 5.41) is 12.1. The summed E-state index contributed by atoms with van der Waals surface area (Å²) in [6, 6.07) is 4.37. The molecular weight excluding hydrogens is 196 g/mol. The van der Waals surface area contributed by atoms with E-state index in [0.29, 0.717) is 11.1 Å². The largest absolute Gasteiger partial charge is 0.466 e. The molecule has 1 aromatic carbocycles. The number of nitro benzene ring substituents is 1. The van der Waals surface area contributed by atoms with E-state index in [9.17, 15) is 10.1 Å². The molecule has 1 heterocycles. The van der Waals surface area contributed by atoms with E-state index < -0.39 is 4.92 Å². The first-order valence-electron chi connectivity index (χ1n) is 4.50. The van der Waals surface area contributed by atoms with E-state index in [0.717, 1.165) is 5.39 Å². The quantitative estimate of drug-likeness (QED) is 0.604. The van der Waals surface area contributed by atoms with Crippen molar-refractivity contribution in [1.82, 2.24) is 0 Å². The van der Waals surface area contributed by atoms with Crippen molar-refractivity contribution in [3.8, 4) is 0 Å². The van der Waals surface area contributed by atoms with Crippen LogP contribution in [-0.4, -0.2) is 4.92 Å². The minimum Gasteiger partial charge on any atom is -0.466 e. The second kappa shape index (κ2) is 3.36. The molecule has 78 valence electrons. The van der Waals surface area contributed by atoms with Crippen molar-refractivity contribution in [1.29, 1.82) is 0 Å². The van der Waals surface area contributed by atoms with Crippen molar-refractivity contribution in [3.63, 3.8) is 0 Å². The first-order valence-corrected chi connectivity index (χ1v) is 4.50. The summed E-state index contributed by atoms with van der Waals surface area (Å²) >= 11 is 0. The summed E-state index contributed by atoms with van der Waals surface area (Å²) in [4.78, 5) is 10.1. The standard InChI is InChI=1S/C10H10N2O3/c1-6(11)10-9-3-2-8(12(13)14)4-7(9)5-15-10/h2-6H,11H2,1H3. The number of benzene rings is 1. The molecule has 1 aromatic heterocycles. The van der Waals surface area contributed by atoms with E-state index in [1.165, 1.54) is 18.4 Å². The Morgan fingerprint density at radius 1 is 1.53 bits per heavy atom. The lowest BCUT2D eigenvalue weighted by Crippen LogP contribution is -2.03. The second-order valence-electron chi connectivity index (χ2n) is 3.42. The van der Waals surface area contributed by atoms with Gasteiger partial charge in [-0.15, -0.1) is 0 Å². The predicted octanol–water partition coefficient (Wildman–Crippen LogP) is 2.36. The van der Waals surface area contributed by atoms with E-state index in [1.807, 2.05) is 0 Å². The fourth-order valence-electron chi connectivity index (χ4n) is 1.53. The lowest BCUT2D eigenvalue weighted by Gasteiger charge is -2.00. The number of hydrogen-bond acceptors (Lipinski definition) is 4. The Morgan fingerprint density at radius 2 is 2.27 bits per heavy atom. The van der Waals surface area contributed by atoms with Crippen LogP contribution in [0.2, 0.25) is 0 Å². The molecular formula is C10H10N2O3. The molecule has 0 aliphatic carbocycles. The van der Waals surface area contributed by atoms with Gasteiger partial charge in [0, 0.05) is 22.9 Å². The van der Waals surface area contributed by atoms with Crippen LogP contribution in [0.1, 0.15) is 18.7 Å². The lowest BCUT2D eigenvalue weighted by atomic mass is 10.1. The van der Waals surface area contributed by atoms with Crippen molar-refractivity contribution in [2.45, 2.75) is 13.0 Å². The van der Waals surface area contributed by atoms with Gasteiger partial charge in [0.2, 0.25) is 0 Å². The molecule has 0 saturated carbocycles. The molecule has 0 bridgehead atoms. The summed E-state index contributed by atoms with van der Waals surface area (Å²) in [6.45, 7) is 1.81. The lowest BCUT2D eigenvalue weighted by molar-refractivity contribution is -0.384. The predicted molar refractivity (Wildman–Crippen MR) is 55.5 cm³/mol. The minimum absolute atomic E-state index is 0.0551. The normalized spacial score (nSPS) is 12.9. The van der Waals surface area contributed by atoms with Crippen molar-refractivity contribution >= 4 is 16.5 Å². The molecule has 0 fully saturated rings. The topological polar surface area (TPSA) is 82.3 Å². The Bertz CT molecular complexity index is 516. The number of nitro groups is 1. The zero-order valence-electron chi connectivity index (χ0n) is 8.14. The molecule has 0 saturated heterocycles. The summed E-state index contributed by atoms with van der Waals surface area (Å²) in [6.07, 6.45) is 1.49. The van der Waals surface area contributed by atoms with Gasteiger partial charge in [0.1, 0.15) is 5.76 Å². The van der Waals surface area contributed by atoms with Gasteiger partial charge in [0.15, 0.2) is 0 Å². The van der Waals surface area contributed by atoms with Crippen LogP contribution in [0.4, 0.5) is 5.69 Å². The van der Waals surface area contributed by atoms with Crippen LogP contribution in [0.3, 0.4) is 0 Å². The zero-order valence-corrected chi connectivity index (χ0v) is 8.14. The van der Waals surface area contributed by atoms with Crippen molar-refractivity contribution in [3.05, 3.63) is 40.3 Å². The maximum Gasteiger partial charge on any atom is 0.270 e. The number of furan rings is 1. The van der Waals surface area contributed by atoms with Crippen LogP contribution in [0.15, 0.2) is 28.9 Å². The van der Waals surface area contributed by atoms with Gasteiger partial charge in [-0.25, -0.2) is 0 Å². The average molecular weight is 206 g/mol. The van der Waals surface area contributed by atoms with Crippen molar-refractivity contribution in [2.75, 3.05) is 0 Å². The minimum atomic E-state index is -0.433. The van der Waals surface area contributed by atoms with Gasteiger partial charge < -0.3 is 10.2 Å². The van der Waals surface area contributed by atoms with Crippen molar-refractivity contribution in [2.24, 2.45) is 5.73 Å². The first kappa shape index (κ1) is 9.67. The highest BCUT2D eigenvalue weighted by molar-refractivity contribution is 5.86. The average Bonchev–Trinajstić information content (AvgIpc) is 2.59.